The van der Waals surface area contributed by atoms with E-state index in [0.29, 0.717) is 27.8 Å². The predicted molar refractivity (Wildman–Crippen MR) is 89.1 cm³/mol. The zero-order valence-corrected chi connectivity index (χ0v) is 13.4. The van der Waals surface area contributed by atoms with Crippen LogP contribution in [-0.2, 0) is 0 Å². The first kappa shape index (κ1) is 16.5. The molecule has 0 amide bonds. The van der Waals surface area contributed by atoms with Crippen LogP contribution in [0, 0.1) is 0 Å². The fourth-order valence-electron chi connectivity index (χ4n) is 2.50. The largest absolute Gasteiger partial charge is 0.360 e. The number of halogens is 2. The molecule has 21 heavy (non-hydrogen) atoms. The Labute approximate surface area is 134 Å². The van der Waals surface area contributed by atoms with Crippen LogP contribution < -0.4 is 10.6 Å². The average molecular weight is 330 g/mol. The van der Waals surface area contributed by atoms with Gasteiger partial charge in [0.2, 0.25) is 0 Å². The van der Waals surface area contributed by atoms with Crippen LogP contribution in [0.15, 0.2) is 29.2 Å². The molecule has 0 unspecified atom stereocenters. The molecule has 0 atom stereocenters. The lowest BCUT2D eigenvalue weighted by molar-refractivity contribution is 0.252. The quantitative estimate of drug-likeness (QED) is 0.460. The van der Waals surface area contributed by atoms with E-state index in [1.165, 1.54) is 25.7 Å². The number of alkyl halides is 2. The van der Waals surface area contributed by atoms with Crippen LogP contribution in [-0.4, -0.2) is 16.9 Å². The van der Waals surface area contributed by atoms with Crippen molar-refractivity contribution >= 4 is 34.8 Å². The third-order valence-electron chi connectivity index (χ3n) is 3.53. The summed E-state index contributed by atoms with van der Waals surface area (Å²) in [7, 11) is 0. The number of thioether (sulfide) groups is 1. The van der Waals surface area contributed by atoms with Crippen molar-refractivity contribution in [3.8, 4) is 0 Å². The SMILES string of the molecule is FC(F)Sc1ccc(NC(=S)NC2CCCCCC2)cc1. The van der Waals surface area contributed by atoms with Crippen LogP contribution in [0.1, 0.15) is 38.5 Å². The van der Waals surface area contributed by atoms with Crippen LogP contribution in [0.4, 0.5) is 14.5 Å². The monoisotopic (exact) mass is 330 g/mol. The second-order valence-electron chi connectivity index (χ2n) is 5.19. The van der Waals surface area contributed by atoms with Gasteiger partial charge >= 0.3 is 0 Å². The summed E-state index contributed by atoms with van der Waals surface area (Å²) >= 11 is 5.86. The second kappa shape index (κ2) is 8.54. The predicted octanol–water partition coefficient (Wildman–Crippen LogP) is 5.01. The standard InChI is InChI=1S/C15H20F2N2S2/c16-14(17)21-13-9-7-12(8-10-13)19-15(20)18-11-5-3-1-2-4-6-11/h7-11,14H,1-6H2,(H2,18,19,20). The van der Waals surface area contributed by atoms with Crippen molar-refractivity contribution in [1.82, 2.24) is 5.32 Å². The Kier molecular flexibility index (Phi) is 6.70. The highest BCUT2D eigenvalue weighted by Crippen LogP contribution is 2.26. The molecule has 1 saturated carbocycles. The summed E-state index contributed by atoms with van der Waals surface area (Å²) in [6.07, 6.45) is 7.43. The van der Waals surface area contributed by atoms with Gasteiger partial charge in [-0.05, 0) is 49.3 Å². The van der Waals surface area contributed by atoms with Crippen LogP contribution in [0.3, 0.4) is 0 Å². The highest BCUT2D eigenvalue weighted by molar-refractivity contribution is 7.99. The van der Waals surface area contributed by atoms with E-state index in [1.807, 2.05) is 0 Å². The highest BCUT2D eigenvalue weighted by atomic mass is 32.2. The molecule has 0 aliphatic heterocycles. The van der Waals surface area contributed by atoms with Crippen molar-refractivity contribution in [2.24, 2.45) is 0 Å². The third kappa shape index (κ3) is 6.18. The molecular weight excluding hydrogens is 310 g/mol. The first-order valence-electron chi connectivity index (χ1n) is 7.26. The van der Waals surface area contributed by atoms with Gasteiger partial charge in [-0.1, -0.05) is 37.4 Å². The molecule has 116 valence electrons. The summed E-state index contributed by atoms with van der Waals surface area (Å²) < 4.78 is 24.5. The summed E-state index contributed by atoms with van der Waals surface area (Å²) in [5.41, 5.74) is 0.819. The minimum Gasteiger partial charge on any atom is -0.360 e. The Morgan fingerprint density at radius 3 is 2.29 bits per heavy atom. The minimum atomic E-state index is -2.39. The first-order valence-corrected chi connectivity index (χ1v) is 8.54. The van der Waals surface area contributed by atoms with Crippen molar-refractivity contribution in [1.29, 1.82) is 0 Å². The number of benzene rings is 1. The Morgan fingerprint density at radius 1 is 1.10 bits per heavy atom. The summed E-state index contributed by atoms with van der Waals surface area (Å²) in [5, 5.41) is 7.07. The lowest BCUT2D eigenvalue weighted by Gasteiger charge is -2.19. The molecule has 1 fully saturated rings. The van der Waals surface area contributed by atoms with Gasteiger partial charge in [-0.3, -0.25) is 0 Å². The topological polar surface area (TPSA) is 24.1 Å². The van der Waals surface area contributed by atoms with Gasteiger partial charge in [0, 0.05) is 16.6 Å². The molecule has 1 aliphatic carbocycles. The summed E-state index contributed by atoms with van der Waals surface area (Å²) in [4.78, 5) is 0.554. The van der Waals surface area contributed by atoms with Gasteiger partial charge in [-0.15, -0.1) is 0 Å². The molecule has 0 aromatic heterocycles. The molecule has 1 aliphatic rings. The molecule has 2 N–H and O–H groups in total. The zero-order chi connectivity index (χ0) is 15.1. The number of rotatable bonds is 4. The Hall–Kier alpha value is -0.880. The first-order chi connectivity index (χ1) is 10.1. The normalized spacial score (nSPS) is 16.5. The van der Waals surface area contributed by atoms with Gasteiger partial charge in [-0.25, -0.2) is 0 Å². The summed E-state index contributed by atoms with van der Waals surface area (Å²) in [6, 6.07) is 7.33. The number of anilines is 1. The van der Waals surface area contributed by atoms with Crippen LogP contribution in [0.5, 0.6) is 0 Å². The smallest absolute Gasteiger partial charge is 0.288 e. The van der Waals surface area contributed by atoms with E-state index in [2.05, 4.69) is 10.6 Å². The van der Waals surface area contributed by atoms with Gasteiger partial charge in [0.15, 0.2) is 5.11 Å². The molecule has 0 radical (unpaired) electrons. The molecule has 0 heterocycles. The maximum atomic E-state index is 12.2. The van der Waals surface area contributed by atoms with E-state index >= 15 is 0 Å². The van der Waals surface area contributed by atoms with Crippen LogP contribution in [0.25, 0.3) is 0 Å². The lowest BCUT2D eigenvalue weighted by atomic mass is 10.1. The van der Waals surface area contributed by atoms with Gasteiger partial charge in [-0.2, -0.15) is 8.78 Å². The fraction of sp³-hybridized carbons (Fsp3) is 0.533. The van der Waals surface area contributed by atoms with Crippen molar-refractivity contribution in [3.63, 3.8) is 0 Å². The molecule has 0 bridgehead atoms. The molecule has 2 rings (SSSR count). The average Bonchev–Trinajstić information content (AvgIpc) is 2.69. The highest BCUT2D eigenvalue weighted by Gasteiger charge is 2.13. The van der Waals surface area contributed by atoms with E-state index < -0.39 is 5.76 Å². The minimum absolute atomic E-state index is 0.446. The van der Waals surface area contributed by atoms with Crippen molar-refractivity contribution in [3.05, 3.63) is 24.3 Å². The molecule has 2 nitrogen and oxygen atoms in total. The molecule has 1 aromatic carbocycles. The summed E-state index contributed by atoms with van der Waals surface area (Å²) in [5.74, 6) is -2.39. The maximum absolute atomic E-state index is 12.2. The number of hydrogen-bond acceptors (Lipinski definition) is 2. The van der Waals surface area contributed by atoms with Crippen molar-refractivity contribution in [2.45, 2.75) is 55.2 Å². The Bertz CT molecular complexity index is 443. The van der Waals surface area contributed by atoms with E-state index in [9.17, 15) is 8.78 Å². The van der Waals surface area contributed by atoms with Crippen LogP contribution >= 0.6 is 24.0 Å². The Morgan fingerprint density at radius 2 is 1.71 bits per heavy atom. The zero-order valence-electron chi connectivity index (χ0n) is 11.8. The molecule has 0 saturated heterocycles. The van der Waals surface area contributed by atoms with E-state index in [4.69, 9.17) is 12.2 Å². The number of thiocarbonyl (C=S) groups is 1. The third-order valence-corrected chi connectivity index (χ3v) is 4.47. The number of hydrogen-bond donors (Lipinski definition) is 2. The van der Waals surface area contributed by atoms with Gasteiger partial charge in [0.1, 0.15) is 0 Å². The molecular formula is C15H20F2N2S2. The van der Waals surface area contributed by atoms with E-state index in [1.54, 1.807) is 24.3 Å². The lowest BCUT2D eigenvalue weighted by Crippen LogP contribution is -2.37. The van der Waals surface area contributed by atoms with Crippen molar-refractivity contribution < 1.29 is 8.78 Å². The van der Waals surface area contributed by atoms with Crippen LogP contribution in [0.2, 0.25) is 0 Å². The van der Waals surface area contributed by atoms with E-state index in [0.717, 1.165) is 18.5 Å². The molecule has 0 spiro atoms. The molecule has 6 heteroatoms. The van der Waals surface area contributed by atoms with Crippen molar-refractivity contribution in [2.75, 3.05) is 5.32 Å². The molecule has 1 aromatic rings. The van der Waals surface area contributed by atoms with Gasteiger partial charge in [0.05, 0.1) is 0 Å². The fourth-order valence-corrected chi connectivity index (χ4v) is 3.28. The maximum Gasteiger partial charge on any atom is 0.288 e. The van der Waals surface area contributed by atoms with Gasteiger partial charge in [0.25, 0.3) is 5.76 Å². The Balaban J connectivity index is 1.81. The second-order valence-corrected chi connectivity index (χ2v) is 6.66. The summed E-state index contributed by atoms with van der Waals surface area (Å²) in [6.45, 7) is 0. The van der Waals surface area contributed by atoms with Gasteiger partial charge < -0.3 is 10.6 Å². The number of nitrogens with one attached hydrogen (secondary N) is 2. The van der Waals surface area contributed by atoms with E-state index in [-0.39, 0.29) is 0 Å².